The summed E-state index contributed by atoms with van der Waals surface area (Å²) in [5.41, 5.74) is 6.19. The van der Waals surface area contributed by atoms with Gasteiger partial charge in [-0.1, -0.05) is 127 Å². The minimum atomic E-state index is -0.289. The molecule has 6 heteroatoms. The van der Waals surface area contributed by atoms with Crippen LogP contribution in [0.5, 0.6) is 0 Å². The monoisotopic (exact) mass is 680 g/mol. The van der Waals surface area contributed by atoms with Crippen LogP contribution < -0.4 is 0 Å². The summed E-state index contributed by atoms with van der Waals surface area (Å²) >= 11 is 0. The van der Waals surface area contributed by atoms with Gasteiger partial charge in [0.05, 0.1) is 26.2 Å². The lowest BCUT2D eigenvalue weighted by molar-refractivity contribution is -0.114. The van der Waals surface area contributed by atoms with Crippen molar-refractivity contribution in [3.8, 4) is 0 Å². The van der Waals surface area contributed by atoms with Gasteiger partial charge in [0.15, 0.2) is 11.6 Å². The lowest BCUT2D eigenvalue weighted by Crippen LogP contribution is -2.42. The van der Waals surface area contributed by atoms with Crippen LogP contribution in [0.25, 0.3) is 24.3 Å². The van der Waals surface area contributed by atoms with Crippen LogP contribution in [-0.4, -0.2) is 59.4 Å². The zero-order valence-electron chi connectivity index (χ0n) is 28.5. The number of rotatable bonds is 6. The molecule has 0 aromatic heterocycles. The zero-order valence-corrected chi connectivity index (χ0v) is 28.5. The molecule has 2 aliphatic rings. The van der Waals surface area contributed by atoms with E-state index < -0.39 is 0 Å². The average molecular weight is 681 g/mol. The van der Waals surface area contributed by atoms with E-state index in [1.54, 1.807) is 34.1 Å². The molecular formula is C46H36N2O4. The maximum atomic E-state index is 14.2. The van der Waals surface area contributed by atoms with Gasteiger partial charge in [0.1, 0.15) is 0 Å². The van der Waals surface area contributed by atoms with Gasteiger partial charge in [-0.2, -0.15) is 0 Å². The lowest BCUT2D eigenvalue weighted by Gasteiger charge is -2.31. The Labute approximate surface area is 303 Å². The number of likely N-dealkylation sites (tertiary alicyclic amines) is 2. The van der Waals surface area contributed by atoms with E-state index >= 15 is 0 Å². The minimum Gasteiger partial charge on any atom is -0.330 e. The molecule has 0 saturated carbocycles. The summed E-state index contributed by atoms with van der Waals surface area (Å²) in [4.78, 5) is 59.1. The van der Waals surface area contributed by atoms with Crippen molar-refractivity contribution in [3.63, 3.8) is 0 Å². The number of hydrogen-bond acceptors (Lipinski definition) is 4. The highest BCUT2D eigenvalue weighted by molar-refractivity contribution is 6.17. The molecule has 254 valence electrons. The summed E-state index contributed by atoms with van der Waals surface area (Å²) in [5.74, 6) is -0.774. The van der Waals surface area contributed by atoms with Crippen LogP contribution in [0.15, 0.2) is 168 Å². The number of benzene rings is 5. The van der Waals surface area contributed by atoms with E-state index in [1.165, 1.54) is 0 Å². The fourth-order valence-electron chi connectivity index (χ4n) is 6.52. The van der Waals surface area contributed by atoms with E-state index in [0.29, 0.717) is 33.4 Å². The van der Waals surface area contributed by atoms with Crippen molar-refractivity contribution >= 4 is 47.7 Å². The summed E-state index contributed by atoms with van der Waals surface area (Å²) in [6.45, 7) is 0.525. The number of amides is 2. The number of carbonyl (C=O) groups is 4. The quantitative estimate of drug-likeness (QED) is 0.170. The summed E-state index contributed by atoms with van der Waals surface area (Å²) < 4.78 is 0. The van der Waals surface area contributed by atoms with E-state index in [-0.39, 0.29) is 49.6 Å². The highest BCUT2D eigenvalue weighted by Crippen LogP contribution is 2.26. The molecule has 7 rings (SSSR count). The second-order valence-electron chi connectivity index (χ2n) is 12.9. The summed E-state index contributed by atoms with van der Waals surface area (Å²) in [6, 6.07) is 45.0. The van der Waals surface area contributed by atoms with Crippen molar-refractivity contribution in [1.82, 2.24) is 9.80 Å². The van der Waals surface area contributed by atoms with Crippen LogP contribution in [0, 0.1) is 0 Å². The Hall–Kier alpha value is -6.66. The third kappa shape index (κ3) is 7.87. The second kappa shape index (κ2) is 15.5. The van der Waals surface area contributed by atoms with Gasteiger partial charge in [0, 0.05) is 33.4 Å². The van der Waals surface area contributed by atoms with Crippen LogP contribution in [0.1, 0.15) is 43.0 Å². The SMILES string of the molecule is O=C1/C(=C/c2ccccc2)CN(C(=O)c2cccc(C(=O)N3C/C(=C\c4ccccc4)C(=O)/C(=C/c4ccccc4)C3)c2)C/C1=C\c1ccccc1. The third-order valence-corrected chi connectivity index (χ3v) is 9.10. The Morgan fingerprint density at radius 1 is 0.385 bits per heavy atom. The first kappa shape index (κ1) is 33.8. The van der Waals surface area contributed by atoms with Gasteiger partial charge in [-0.3, -0.25) is 19.2 Å². The molecule has 0 N–H and O–H groups in total. The molecule has 2 saturated heterocycles. The highest BCUT2D eigenvalue weighted by Gasteiger charge is 2.32. The number of nitrogens with zero attached hydrogens (tertiary/aromatic N) is 2. The molecule has 0 atom stereocenters. The Morgan fingerprint density at radius 3 is 0.923 bits per heavy atom. The van der Waals surface area contributed by atoms with Crippen LogP contribution >= 0.6 is 0 Å². The van der Waals surface area contributed by atoms with Gasteiger partial charge in [-0.15, -0.1) is 0 Å². The fraction of sp³-hybridized carbons (Fsp3) is 0.0870. The predicted molar refractivity (Wildman–Crippen MR) is 206 cm³/mol. The number of Topliss-reactive ketones (excluding diaryl/α,β-unsaturated/α-hetero) is 2. The first-order chi connectivity index (χ1) is 25.4. The Balaban J connectivity index is 1.18. The van der Waals surface area contributed by atoms with Crippen molar-refractivity contribution in [2.45, 2.75) is 0 Å². The normalized spacial score (nSPS) is 18.0. The standard InChI is InChI=1S/C46H36N2O4/c49-43-39(24-33-14-5-1-6-15-33)29-47(30-40(43)25-34-16-7-2-8-17-34)45(51)37-22-13-23-38(28-37)46(52)48-31-41(26-35-18-9-3-10-19-35)44(50)42(32-48)27-36-20-11-4-12-21-36/h1-28H,29-32H2/b39-24+,40-25+,41-26+,42-27+. The van der Waals surface area contributed by atoms with Gasteiger partial charge in [0.2, 0.25) is 0 Å². The number of piperidine rings is 2. The van der Waals surface area contributed by atoms with Gasteiger partial charge in [0.25, 0.3) is 11.8 Å². The maximum absolute atomic E-state index is 14.2. The van der Waals surface area contributed by atoms with E-state index in [1.807, 2.05) is 146 Å². The van der Waals surface area contributed by atoms with Crippen LogP contribution in [-0.2, 0) is 9.59 Å². The van der Waals surface area contributed by atoms with Crippen molar-refractivity contribution in [2.75, 3.05) is 26.2 Å². The average Bonchev–Trinajstić information content (AvgIpc) is 3.19. The van der Waals surface area contributed by atoms with Crippen LogP contribution in [0.4, 0.5) is 0 Å². The Morgan fingerprint density at radius 2 is 0.654 bits per heavy atom. The molecule has 2 heterocycles. The summed E-state index contributed by atoms with van der Waals surface area (Å²) in [5, 5.41) is 0. The van der Waals surface area contributed by atoms with E-state index in [0.717, 1.165) is 22.3 Å². The number of ketones is 2. The van der Waals surface area contributed by atoms with E-state index in [4.69, 9.17) is 0 Å². The molecule has 0 aliphatic carbocycles. The molecule has 0 bridgehead atoms. The fourth-order valence-corrected chi connectivity index (χ4v) is 6.52. The van der Waals surface area contributed by atoms with Crippen molar-refractivity contribution in [2.24, 2.45) is 0 Å². The molecule has 0 unspecified atom stereocenters. The molecule has 0 spiro atoms. The predicted octanol–water partition coefficient (Wildman–Crippen LogP) is 8.07. The Kier molecular flexibility index (Phi) is 10.1. The molecule has 0 radical (unpaired) electrons. The van der Waals surface area contributed by atoms with Crippen molar-refractivity contribution < 1.29 is 19.2 Å². The van der Waals surface area contributed by atoms with Crippen LogP contribution in [0.2, 0.25) is 0 Å². The van der Waals surface area contributed by atoms with E-state index in [2.05, 4.69) is 0 Å². The van der Waals surface area contributed by atoms with Gasteiger partial charge in [-0.25, -0.2) is 0 Å². The molecule has 2 fully saturated rings. The molecule has 5 aromatic rings. The van der Waals surface area contributed by atoms with Gasteiger partial charge < -0.3 is 9.80 Å². The summed E-state index contributed by atoms with van der Waals surface area (Å²) in [6.07, 6.45) is 7.33. The zero-order chi connectivity index (χ0) is 35.9. The minimum absolute atomic E-state index is 0.0981. The molecule has 6 nitrogen and oxygen atoms in total. The summed E-state index contributed by atoms with van der Waals surface area (Å²) in [7, 11) is 0. The van der Waals surface area contributed by atoms with Crippen molar-refractivity contribution in [1.29, 1.82) is 0 Å². The van der Waals surface area contributed by atoms with E-state index in [9.17, 15) is 19.2 Å². The largest absolute Gasteiger partial charge is 0.330 e. The number of hydrogen-bond donors (Lipinski definition) is 0. The second-order valence-corrected chi connectivity index (χ2v) is 12.9. The van der Waals surface area contributed by atoms with Gasteiger partial charge in [-0.05, 0) is 64.8 Å². The van der Waals surface area contributed by atoms with Crippen LogP contribution in [0.3, 0.4) is 0 Å². The number of carbonyl (C=O) groups excluding carboxylic acids is 4. The highest BCUT2D eigenvalue weighted by atomic mass is 16.2. The Bertz CT molecular complexity index is 1970. The molecule has 52 heavy (non-hydrogen) atoms. The molecule has 2 amide bonds. The topological polar surface area (TPSA) is 74.8 Å². The smallest absolute Gasteiger partial charge is 0.254 e. The van der Waals surface area contributed by atoms with Crippen molar-refractivity contribution in [3.05, 3.63) is 201 Å². The third-order valence-electron chi connectivity index (χ3n) is 9.10. The van der Waals surface area contributed by atoms with Gasteiger partial charge >= 0.3 is 0 Å². The lowest BCUT2D eigenvalue weighted by atomic mass is 9.93. The maximum Gasteiger partial charge on any atom is 0.254 e. The molecule has 5 aromatic carbocycles. The first-order valence-electron chi connectivity index (χ1n) is 17.2. The molecule has 2 aliphatic heterocycles. The molecular weight excluding hydrogens is 645 g/mol. The first-order valence-corrected chi connectivity index (χ1v) is 17.2.